The van der Waals surface area contributed by atoms with Gasteiger partial charge in [-0.25, -0.2) is 4.39 Å². The molecule has 3 aromatic carbocycles. The summed E-state index contributed by atoms with van der Waals surface area (Å²) >= 11 is 0. The highest BCUT2D eigenvalue weighted by molar-refractivity contribution is 5.99. The Kier molecular flexibility index (Phi) is 7.32. The highest BCUT2D eigenvalue weighted by Crippen LogP contribution is 2.40. The molecule has 0 bridgehead atoms. The molecule has 0 radical (unpaired) electrons. The Morgan fingerprint density at radius 3 is 2.39 bits per heavy atom. The molecule has 196 valence electrons. The molecule has 2 heterocycles. The van der Waals surface area contributed by atoms with Crippen molar-refractivity contribution < 1.29 is 18.3 Å². The molecule has 0 spiro atoms. The minimum atomic E-state index is -0.637. The van der Waals surface area contributed by atoms with Gasteiger partial charge in [0.1, 0.15) is 17.1 Å². The van der Waals surface area contributed by atoms with E-state index in [1.807, 2.05) is 44.2 Å². The number of fused-ring (bicyclic) bond motifs is 2. The maximum Gasteiger partial charge on any atom is 0.291 e. The topological polar surface area (TPSA) is 59.8 Å². The van der Waals surface area contributed by atoms with Crippen LogP contribution in [-0.2, 0) is 6.54 Å². The van der Waals surface area contributed by atoms with Gasteiger partial charge in [0, 0.05) is 6.54 Å². The molecule has 1 amide bonds. The van der Waals surface area contributed by atoms with Crippen LogP contribution in [-0.4, -0.2) is 17.4 Å². The van der Waals surface area contributed by atoms with E-state index < -0.39 is 6.04 Å². The number of ether oxygens (including phenoxy) is 1. The quantitative estimate of drug-likeness (QED) is 0.221. The van der Waals surface area contributed by atoms with Gasteiger partial charge in [-0.3, -0.25) is 9.59 Å². The van der Waals surface area contributed by atoms with Crippen molar-refractivity contribution in [2.24, 2.45) is 0 Å². The third-order valence-corrected chi connectivity index (χ3v) is 7.14. The molecule has 1 aromatic heterocycles. The SMILES string of the molecule is CCCCCCOc1ccc(C2c3c(oc4cc(C)cc(C)c4c3=O)C(=O)N2Cc2ccc(F)cc2)cc1. The van der Waals surface area contributed by atoms with Crippen molar-refractivity contribution >= 4 is 16.9 Å². The van der Waals surface area contributed by atoms with Crippen LogP contribution in [0.1, 0.15) is 77.0 Å². The van der Waals surface area contributed by atoms with Crippen LogP contribution in [0.4, 0.5) is 4.39 Å². The van der Waals surface area contributed by atoms with E-state index in [2.05, 4.69) is 6.92 Å². The number of carbonyl (C=O) groups excluding carboxylic acids is 1. The molecular formula is C32H32FNO4. The number of carbonyl (C=O) groups is 1. The third kappa shape index (κ3) is 4.95. The van der Waals surface area contributed by atoms with E-state index in [0.717, 1.165) is 40.8 Å². The largest absolute Gasteiger partial charge is 0.494 e. The minimum Gasteiger partial charge on any atom is -0.494 e. The molecule has 0 aliphatic carbocycles. The van der Waals surface area contributed by atoms with Crippen LogP contribution in [0, 0.1) is 19.7 Å². The monoisotopic (exact) mass is 513 g/mol. The Hall–Kier alpha value is -3.93. The third-order valence-electron chi connectivity index (χ3n) is 7.14. The zero-order valence-corrected chi connectivity index (χ0v) is 22.1. The van der Waals surface area contributed by atoms with Gasteiger partial charge in [0.25, 0.3) is 5.91 Å². The summed E-state index contributed by atoms with van der Waals surface area (Å²) in [7, 11) is 0. The smallest absolute Gasteiger partial charge is 0.291 e. The van der Waals surface area contributed by atoms with Crippen molar-refractivity contribution in [1.82, 2.24) is 4.90 Å². The second-order valence-corrected chi connectivity index (χ2v) is 10.1. The zero-order chi connectivity index (χ0) is 26.8. The van der Waals surface area contributed by atoms with Gasteiger partial charge in [0.05, 0.1) is 23.6 Å². The van der Waals surface area contributed by atoms with Crippen molar-refractivity contribution in [2.75, 3.05) is 6.61 Å². The summed E-state index contributed by atoms with van der Waals surface area (Å²) in [6.45, 7) is 6.84. The van der Waals surface area contributed by atoms with E-state index in [-0.39, 0.29) is 29.5 Å². The van der Waals surface area contributed by atoms with E-state index in [9.17, 15) is 14.0 Å². The fourth-order valence-electron chi connectivity index (χ4n) is 5.27. The van der Waals surface area contributed by atoms with Crippen molar-refractivity contribution in [3.05, 3.63) is 110 Å². The predicted octanol–water partition coefficient (Wildman–Crippen LogP) is 7.25. The first-order valence-electron chi connectivity index (χ1n) is 13.2. The molecule has 38 heavy (non-hydrogen) atoms. The molecule has 6 heteroatoms. The van der Waals surface area contributed by atoms with E-state index in [4.69, 9.17) is 9.15 Å². The highest BCUT2D eigenvalue weighted by atomic mass is 19.1. The molecule has 0 fully saturated rings. The maximum atomic E-state index is 13.9. The molecule has 0 saturated heterocycles. The molecule has 5 rings (SSSR count). The molecule has 4 aromatic rings. The van der Waals surface area contributed by atoms with Crippen LogP contribution in [0.3, 0.4) is 0 Å². The molecular weight excluding hydrogens is 481 g/mol. The lowest BCUT2D eigenvalue weighted by molar-refractivity contribution is 0.0714. The lowest BCUT2D eigenvalue weighted by Gasteiger charge is -2.25. The summed E-state index contributed by atoms with van der Waals surface area (Å²) in [5, 5.41) is 0.489. The number of halogens is 1. The Labute approximate surface area is 221 Å². The van der Waals surface area contributed by atoms with Crippen LogP contribution < -0.4 is 10.2 Å². The van der Waals surface area contributed by atoms with Crippen LogP contribution in [0.25, 0.3) is 11.0 Å². The normalized spacial score (nSPS) is 14.8. The lowest BCUT2D eigenvalue weighted by atomic mass is 9.96. The number of aryl methyl sites for hydroxylation is 2. The number of hydrogen-bond donors (Lipinski definition) is 0. The van der Waals surface area contributed by atoms with Crippen molar-refractivity contribution in [3.8, 4) is 5.75 Å². The van der Waals surface area contributed by atoms with Gasteiger partial charge in [-0.15, -0.1) is 0 Å². The number of hydrogen-bond acceptors (Lipinski definition) is 4. The van der Waals surface area contributed by atoms with Gasteiger partial charge in [0.2, 0.25) is 5.76 Å². The lowest BCUT2D eigenvalue weighted by Crippen LogP contribution is -2.29. The first-order chi connectivity index (χ1) is 18.4. The molecule has 0 saturated carbocycles. The zero-order valence-electron chi connectivity index (χ0n) is 22.1. The number of rotatable bonds is 9. The van der Waals surface area contributed by atoms with E-state index in [0.29, 0.717) is 23.1 Å². The fourth-order valence-corrected chi connectivity index (χ4v) is 5.27. The summed E-state index contributed by atoms with van der Waals surface area (Å²) in [6, 6.07) is 16.7. The highest BCUT2D eigenvalue weighted by Gasteiger charge is 2.42. The summed E-state index contributed by atoms with van der Waals surface area (Å²) in [5.41, 5.74) is 3.86. The van der Waals surface area contributed by atoms with E-state index in [1.54, 1.807) is 23.1 Å². The Balaban J connectivity index is 1.55. The first-order valence-corrected chi connectivity index (χ1v) is 13.2. The van der Waals surface area contributed by atoms with Gasteiger partial charge < -0.3 is 14.1 Å². The number of unbranched alkanes of at least 4 members (excludes halogenated alkanes) is 3. The first kappa shape index (κ1) is 25.7. The molecule has 1 atom stereocenters. The van der Waals surface area contributed by atoms with Crippen molar-refractivity contribution in [3.63, 3.8) is 0 Å². The van der Waals surface area contributed by atoms with Gasteiger partial charge in [0.15, 0.2) is 5.43 Å². The number of nitrogens with zero attached hydrogens (tertiary/aromatic N) is 1. The van der Waals surface area contributed by atoms with Crippen LogP contribution >= 0.6 is 0 Å². The molecule has 5 nitrogen and oxygen atoms in total. The van der Waals surface area contributed by atoms with Crippen LogP contribution in [0.5, 0.6) is 5.75 Å². The predicted molar refractivity (Wildman–Crippen MR) is 146 cm³/mol. The molecule has 1 unspecified atom stereocenters. The molecule has 1 aliphatic heterocycles. The number of benzene rings is 3. The second-order valence-electron chi connectivity index (χ2n) is 10.1. The Morgan fingerprint density at radius 2 is 1.68 bits per heavy atom. The van der Waals surface area contributed by atoms with Crippen molar-refractivity contribution in [1.29, 1.82) is 0 Å². The Morgan fingerprint density at radius 1 is 0.947 bits per heavy atom. The van der Waals surface area contributed by atoms with Crippen LogP contribution in [0.15, 0.2) is 69.9 Å². The van der Waals surface area contributed by atoms with Gasteiger partial charge in [-0.05, 0) is 72.9 Å². The summed E-state index contributed by atoms with van der Waals surface area (Å²) < 4.78 is 25.6. The number of amides is 1. The minimum absolute atomic E-state index is 0.0656. The van der Waals surface area contributed by atoms with Crippen molar-refractivity contribution in [2.45, 2.75) is 59.0 Å². The average Bonchev–Trinajstić information content (AvgIpc) is 3.16. The second kappa shape index (κ2) is 10.8. The van der Waals surface area contributed by atoms with E-state index in [1.165, 1.54) is 25.0 Å². The molecule has 1 aliphatic rings. The Bertz CT molecular complexity index is 1520. The maximum absolute atomic E-state index is 13.9. The summed E-state index contributed by atoms with van der Waals surface area (Å²) in [4.78, 5) is 29.2. The summed E-state index contributed by atoms with van der Waals surface area (Å²) in [5.74, 6) is 0.108. The van der Waals surface area contributed by atoms with Gasteiger partial charge in [-0.1, -0.05) is 56.5 Å². The fraction of sp³-hybridized carbons (Fsp3) is 0.312. The summed E-state index contributed by atoms with van der Waals surface area (Å²) in [6.07, 6.45) is 4.50. The average molecular weight is 514 g/mol. The molecule has 0 N–H and O–H groups in total. The van der Waals surface area contributed by atoms with E-state index >= 15 is 0 Å². The standard InChI is InChI=1S/C32H32FNO4/c1-4-5-6-7-16-37-25-14-10-23(11-15-25)29-28-30(35)27-21(3)17-20(2)18-26(27)38-31(28)32(36)34(29)19-22-8-12-24(33)13-9-22/h8-15,17-18,29H,4-7,16,19H2,1-3H3. The van der Waals surface area contributed by atoms with Gasteiger partial charge >= 0.3 is 0 Å². The van der Waals surface area contributed by atoms with Gasteiger partial charge in [-0.2, -0.15) is 0 Å². The van der Waals surface area contributed by atoms with Crippen LogP contribution in [0.2, 0.25) is 0 Å².